The van der Waals surface area contributed by atoms with E-state index in [0.29, 0.717) is 11.0 Å². The second-order valence-corrected chi connectivity index (χ2v) is 4.27. The summed E-state index contributed by atoms with van der Waals surface area (Å²) >= 11 is 0. The number of rotatable bonds is 2. The Kier molecular flexibility index (Phi) is 2.74. The van der Waals surface area contributed by atoms with Crippen molar-refractivity contribution in [1.29, 1.82) is 0 Å². The Morgan fingerprint density at radius 3 is 2.90 bits per heavy atom. The summed E-state index contributed by atoms with van der Waals surface area (Å²) in [5, 5.41) is 4.61. The molecule has 0 radical (unpaired) electrons. The van der Waals surface area contributed by atoms with Gasteiger partial charge >= 0.3 is 5.97 Å². The molecule has 1 aromatic carbocycles. The molecule has 20 heavy (non-hydrogen) atoms. The third-order valence-corrected chi connectivity index (χ3v) is 3.07. The first kappa shape index (κ1) is 12.3. The van der Waals surface area contributed by atoms with Crippen molar-refractivity contribution in [2.45, 2.75) is 6.54 Å². The maximum atomic E-state index is 13.3. The van der Waals surface area contributed by atoms with E-state index in [1.165, 1.54) is 30.0 Å². The average molecular weight is 275 g/mol. The summed E-state index contributed by atoms with van der Waals surface area (Å²) < 4.78 is 20.3. The quantitative estimate of drug-likeness (QED) is 0.653. The molecule has 2 heterocycles. The number of methoxy groups -OCH3 is 1. The number of carbonyl (C=O) groups excluding carboxylic acids is 1. The van der Waals surface area contributed by atoms with E-state index in [2.05, 4.69) is 9.84 Å². The summed E-state index contributed by atoms with van der Waals surface area (Å²) in [6.45, 7) is -0.262. The number of esters is 1. The molecule has 6 nitrogen and oxygen atoms in total. The Labute approximate surface area is 112 Å². The van der Waals surface area contributed by atoms with Gasteiger partial charge in [0.05, 0.1) is 12.6 Å². The molecule has 7 heteroatoms. The van der Waals surface area contributed by atoms with Crippen molar-refractivity contribution in [3.8, 4) is 0 Å². The standard InChI is InChI=1S/C13H10FN3O3/c1-20-12(18)6-17-13(19)11-4-8-2-3-9(14)5-10(8)16(11)7-15-17/h2-5,7H,6H2,1H3. The zero-order valence-electron chi connectivity index (χ0n) is 10.5. The largest absolute Gasteiger partial charge is 0.468 e. The molecule has 0 fully saturated rings. The van der Waals surface area contributed by atoms with Crippen molar-refractivity contribution in [2.75, 3.05) is 7.11 Å². The lowest BCUT2D eigenvalue weighted by Gasteiger charge is -2.03. The molecular formula is C13H10FN3O3. The van der Waals surface area contributed by atoms with Crippen LogP contribution < -0.4 is 5.56 Å². The Morgan fingerprint density at radius 2 is 2.15 bits per heavy atom. The summed E-state index contributed by atoms with van der Waals surface area (Å²) in [6, 6.07) is 5.87. The lowest BCUT2D eigenvalue weighted by atomic mass is 10.2. The van der Waals surface area contributed by atoms with Gasteiger partial charge in [-0.2, -0.15) is 5.10 Å². The molecule has 2 aromatic heterocycles. The van der Waals surface area contributed by atoms with E-state index in [0.717, 1.165) is 10.1 Å². The van der Waals surface area contributed by atoms with Crippen LogP contribution in [-0.2, 0) is 16.1 Å². The van der Waals surface area contributed by atoms with E-state index in [-0.39, 0.29) is 6.54 Å². The number of hydrogen-bond donors (Lipinski definition) is 0. The van der Waals surface area contributed by atoms with Crippen LogP contribution in [-0.4, -0.2) is 27.3 Å². The van der Waals surface area contributed by atoms with E-state index in [4.69, 9.17) is 0 Å². The fourth-order valence-electron chi connectivity index (χ4n) is 2.08. The fraction of sp³-hybridized carbons (Fsp3) is 0.154. The van der Waals surface area contributed by atoms with Gasteiger partial charge in [0.1, 0.15) is 24.2 Å². The van der Waals surface area contributed by atoms with Crippen molar-refractivity contribution in [3.63, 3.8) is 0 Å². The molecule has 3 aromatic rings. The van der Waals surface area contributed by atoms with E-state index in [1.54, 1.807) is 12.1 Å². The normalized spacial score (nSPS) is 11.1. The highest BCUT2D eigenvalue weighted by Crippen LogP contribution is 2.18. The summed E-state index contributed by atoms with van der Waals surface area (Å²) in [4.78, 5) is 23.4. The van der Waals surface area contributed by atoms with Gasteiger partial charge in [-0.15, -0.1) is 0 Å². The van der Waals surface area contributed by atoms with Crippen LogP contribution in [0.2, 0.25) is 0 Å². The van der Waals surface area contributed by atoms with E-state index in [1.807, 2.05) is 0 Å². The molecule has 102 valence electrons. The number of ether oxygens (including phenoxy) is 1. The molecule has 0 atom stereocenters. The number of hydrogen-bond acceptors (Lipinski definition) is 4. The Balaban J connectivity index is 2.25. The van der Waals surface area contributed by atoms with E-state index < -0.39 is 17.3 Å². The van der Waals surface area contributed by atoms with Gasteiger partial charge in [0, 0.05) is 5.39 Å². The second kappa shape index (κ2) is 4.44. The van der Waals surface area contributed by atoms with Gasteiger partial charge in [-0.05, 0) is 24.3 Å². The minimum atomic E-state index is -0.564. The topological polar surface area (TPSA) is 65.6 Å². The third-order valence-electron chi connectivity index (χ3n) is 3.07. The summed E-state index contributed by atoms with van der Waals surface area (Å²) in [5.41, 5.74) is 0.439. The molecule has 0 saturated heterocycles. The van der Waals surface area contributed by atoms with Gasteiger partial charge in [-0.3, -0.25) is 14.0 Å². The van der Waals surface area contributed by atoms with Gasteiger partial charge in [0.2, 0.25) is 0 Å². The molecule has 0 N–H and O–H groups in total. The highest BCUT2D eigenvalue weighted by atomic mass is 19.1. The molecule has 0 saturated carbocycles. The van der Waals surface area contributed by atoms with Crippen molar-refractivity contribution in [1.82, 2.24) is 14.2 Å². The minimum absolute atomic E-state index is 0.262. The number of halogens is 1. The summed E-state index contributed by atoms with van der Waals surface area (Å²) in [6.07, 6.45) is 1.38. The molecule has 0 amide bonds. The Bertz CT molecular complexity index is 882. The number of nitrogens with zero attached hydrogens (tertiary/aromatic N) is 3. The molecule has 3 rings (SSSR count). The first-order valence-electron chi connectivity index (χ1n) is 5.83. The molecule has 0 spiro atoms. The zero-order valence-corrected chi connectivity index (χ0v) is 10.5. The highest BCUT2D eigenvalue weighted by molar-refractivity contribution is 5.86. The van der Waals surface area contributed by atoms with Gasteiger partial charge < -0.3 is 4.74 Å². The van der Waals surface area contributed by atoms with Crippen LogP contribution in [0.5, 0.6) is 0 Å². The Morgan fingerprint density at radius 1 is 1.35 bits per heavy atom. The van der Waals surface area contributed by atoms with Gasteiger partial charge in [0.25, 0.3) is 5.56 Å². The first-order chi connectivity index (χ1) is 9.60. The fourth-order valence-corrected chi connectivity index (χ4v) is 2.08. The predicted octanol–water partition coefficient (Wildman–Crippen LogP) is 0.961. The van der Waals surface area contributed by atoms with Crippen LogP contribution in [0, 0.1) is 5.82 Å². The molecule has 0 bridgehead atoms. The van der Waals surface area contributed by atoms with E-state index >= 15 is 0 Å². The van der Waals surface area contributed by atoms with Gasteiger partial charge in [-0.1, -0.05) is 0 Å². The number of carbonyl (C=O) groups is 1. The van der Waals surface area contributed by atoms with E-state index in [9.17, 15) is 14.0 Å². The van der Waals surface area contributed by atoms with Gasteiger partial charge in [-0.25, -0.2) is 9.07 Å². The van der Waals surface area contributed by atoms with Crippen LogP contribution in [0.3, 0.4) is 0 Å². The smallest absolute Gasteiger partial charge is 0.327 e. The monoisotopic (exact) mass is 275 g/mol. The van der Waals surface area contributed by atoms with Crippen molar-refractivity contribution < 1.29 is 13.9 Å². The zero-order chi connectivity index (χ0) is 14.3. The molecule has 0 unspecified atom stereocenters. The van der Waals surface area contributed by atoms with Crippen molar-refractivity contribution >= 4 is 22.4 Å². The third kappa shape index (κ3) is 1.83. The number of fused-ring (bicyclic) bond motifs is 3. The minimum Gasteiger partial charge on any atom is -0.468 e. The van der Waals surface area contributed by atoms with Crippen LogP contribution in [0.4, 0.5) is 4.39 Å². The molecule has 0 aliphatic rings. The lowest BCUT2D eigenvalue weighted by Crippen LogP contribution is -2.28. The predicted molar refractivity (Wildman–Crippen MR) is 68.9 cm³/mol. The lowest BCUT2D eigenvalue weighted by molar-refractivity contribution is -0.141. The number of benzene rings is 1. The summed E-state index contributed by atoms with van der Waals surface area (Å²) in [5.74, 6) is -0.956. The highest BCUT2D eigenvalue weighted by Gasteiger charge is 2.11. The van der Waals surface area contributed by atoms with Crippen molar-refractivity contribution in [2.24, 2.45) is 0 Å². The van der Waals surface area contributed by atoms with Crippen LogP contribution >= 0.6 is 0 Å². The maximum absolute atomic E-state index is 13.3. The van der Waals surface area contributed by atoms with Gasteiger partial charge in [0.15, 0.2) is 0 Å². The van der Waals surface area contributed by atoms with Crippen LogP contribution in [0.25, 0.3) is 16.4 Å². The van der Waals surface area contributed by atoms with Crippen LogP contribution in [0.1, 0.15) is 0 Å². The second-order valence-electron chi connectivity index (χ2n) is 4.27. The maximum Gasteiger partial charge on any atom is 0.327 e. The average Bonchev–Trinajstić information content (AvgIpc) is 2.80. The Hall–Kier alpha value is -2.70. The van der Waals surface area contributed by atoms with Crippen molar-refractivity contribution in [3.05, 3.63) is 46.8 Å². The molecule has 0 aliphatic carbocycles. The molecule has 0 aliphatic heterocycles. The number of aromatic nitrogens is 3. The molecular weight excluding hydrogens is 265 g/mol. The SMILES string of the molecule is COC(=O)Cn1ncn2c(cc3ccc(F)cc32)c1=O. The van der Waals surface area contributed by atoms with Crippen LogP contribution in [0.15, 0.2) is 35.4 Å². The summed E-state index contributed by atoms with van der Waals surface area (Å²) in [7, 11) is 1.24. The first-order valence-corrected chi connectivity index (χ1v) is 5.83.